The molecule has 3 N–H and O–H groups in total. The topological polar surface area (TPSA) is 189 Å². The summed E-state index contributed by atoms with van der Waals surface area (Å²) < 4.78 is 5.27. The summed E-state index contributed by atoms with van der Waals surface area (Å²) in [7, 11) is 2.50. The fourth-order valence-electron chi connectivity index (χ4n) is 3.41. The van der Waals surface area contributed by atoms with Gasteiger partial charge in [-0.25, -0.2) is 14.8 Å². The van der Waals surface area contributed by atoms with E-state index in [4.69, 9.17) is 15.3 Å². The molecule has 0 aromatic carbocycles. The summed E-state index contributed by atoms with van der Waals surface area (Å²) in [6, 6.07) is -0.989. The minimum absolute atomic E-state index is 0. The van der Waals surface area contributed by atoms with E-state index in [0.717, 1.165) is 16.2 Å². The van der Waals surface area contributed by atoms with Crippen LogP contribution in [0, 0.1) is 0 Å². The van der Waals surface area contributed by atoms with Crippen molar-refractivity contribution in [3.63, 3.8) is 0 Å². The van der Waals surface area contributed by atoms with Crippen LogP contribution in [0.2, 0.25) is 0 Å². The van der Waals surface area contributed by atoms with Crippen molar-refractivity contribution in [2.75, 3.05) is 31.5 Å². The van der Waals surface area contributed by atoms with Gasteiger partial charge in [0.2, 0.25) is 0 Å². The molecule has 0 saturated carbocycles. The third-order valence-electron chi connectivity index (χ3n) is 4.98. The number of β-lactam (4-membered cyclic amide) rings is 1. The second kappa shape index (κ2) is 13.0. The molecule has 1 fully saturated rings. The fourth-order valence-corrected chi connectivity index (χ4v) is 7.33. The Bertz CT molecular complexity index is 1300. The van der Waals surface area contributed by atoms with E-state index < -0.39 is 35.2 Å². The van der Waals surface area contributed by atoms with Gasteiger partial charge >= 0.3 is 57.4 Å². The molecule has 2 aromatic heterocycles. The van der Waals surface area contributed by atoms with Crippen LogP contribution in [-0.4, -0.2) is 81.5 Å². The van der Waals surface area contributed by atoms with Gasteiger partial charge in [0.15, 0.2) is 16.5 Å². The standard InChI is InChI=1S/C19H18N6O7S4.K/c1-31-17(30)11-18(36-6-21-11)34-4-7-3-33-15-10(14(27)25(15)12(7)16(28)29)23-13(26)9(24-32-2)8-5-35-19(20)22-8;/h5-6,10,15H,3-4H2,1-2H3,(H2,20,22)(H,23,26)(H,28,29);/q;+1/p-1/b24-9-;/t10?,15-;/m1./s1. The quantitative estimate of drug-likeness (QED) is 0.0715. The summed E-state index contributed by atoms with van der Waals surface area (Å²) in [4.78, 5) is 63.4. The van der Waals surface area contributed by atoms with E-state index in [2.05, 4.69) is 20.4 Å². The summed E-state index contributed by atoms with van der Waals surface area (Å²) in [5, 5.41) is 19.3. The maximum atomic E-state index is 12.9. The van der Waals surface area contributed by atoms with Crippen LogP contribution in [0.4, 0.5) is 5.13 Å². The largest absolute Gasteiger partial charge is 1.00 e. The number of thioether (sulfide) groups is 2. The number of anilines is 1. The number of aliphatic carboxylic acids is 1. The van der Waals surface area contributed by atoms with Gasteiger partial charge < -0.3 is 30.5 Å². The molecule has 2 aromatic rings. The van der Waals surface area contributed by atoms with E-state index in [-0.39, 0.29) is 90.8 Å². The average molecular weight is 609 g/mol. The first-order chi connectivity index (χ1) is 17.3. The Morgan fingerprint density at radius 1 is 1.35 bits per heavy atom. The van der Waals surface area contributed by atoms with Gasteiger partial charge in [-0.05, 0) is 5.57 Å². The van der Waals surface area contributed by atoms with Gasteiger partial charge in [0, 0.05) is 16.9 Å². The van der Waals surface area contributed by atoms with Crippen molar-refractivity contribution in [1.29, 1.82) is 0 Å². The number of carbonyl (C=O) groups excluding carboxylic acids is 4. The number of hydrogen-bond acceptors (Lipinski definition) is 15. The molecule has 2 atom stereocenters. The van der Waals surface area contributed by atoms with E-state index in [0.29, 0.717) is 9.78 Å². The molecule has 0 spiro atoms. The number of carboxylic acids is 1. The number of ether oxygens (including phenoxy) is 1. The summed E-state index contributed by atoms with van der Waals surface area (Å²) in [5.74, 6) is -2.98. The van der Waals surface area contributed by atoms with Gasteiger partial charge in [0.05, 0.1) is 28.5 Å². The third-order valence-corrected chi connectivity index (χ3v) is 9.20. The van der Waals surface area contributed by atoms with Crippen LogP contribution in [0.1, 0.15) is 16.2 Å². The number of rotatable bonds is 9. The van der Waals surface area contributed by atoms with Crippen molar-refractivity contribution in [3.05, 3.63) is 33.5 Å². The molecule has 0 aliphatic carbocycles. The molecular weight excluding hydrogens is 592 g/mol. The van der Waals surface area contributed by atoms with Crippen molar-refractivity contribution in [2.45, 2.75) is 15.6 Å². The number of esters is 1. The normalized spacial score (nSPS) is 18.9. The first-order valence-corrected chi connectivity index (χ1v) is 13.7. The minimum atomic E-state index is -1.51. The Kier molecular flexibility index (Phi) is 10.6. The molecule has 4 rings (SSSR count). The van der Waals surface area contributed by atoms with Crippen LogP contribution in [-0.2, 0) is 24.0 Å². The van der Waals surface area contributed by atoms with Crippen molar-refractivity contribution in [3.8, 4) is 0 Å². The fraction of sp³-hybridized carbons (Fsp3) is 0.316. The number of hydrogen-bond donors (Lipinski definition) is 2. The predicted octanol–water partition coefficient (Wildman–Crippen LogP) is -3.48. The number of thiazole rings is 2. The first-order valence-electron chi connectivity index (χ1n) is 9.92. The number of methoxy groups -OCH3 is 1. The molecule has 37 heavy (non-hydrogen) atoms. The van der Waals surface area contributed by atoms with Gasteiger partial charge in [-0.2, -0.15) is 0 Å². The van der Waals surface area contributed by atoms with E-state index in [1.807, 2.05) is 0 Å². The summed E-state index contributed by atoms with van der Waals surface area (Å²) in [5.41, 5.74) is 7.47. The summed E-state index contributed by atoms with van der Waals surface area (Å²) >= 11 is 4.83. The second-order valence-corrected chi connectivity index (χ2v) is 11.2. The van der Waals surface area contributed by atoms with Crippen molar-refractivity contribution >= 4 is 80.8 Å². The number of carbonyl (C=O) groups is 4. The number of aromatic nitrogens is 2. The Balaban J connectivity index is 0.00000380. The van der Waals surface area contributed by atoms with Gasteiger partial charge in [0.1, 0.15) is 24.2 Å². The Hall–Kier alpha value is -1.51. The van der Waals surface area contributed by atoms with Gasteiger partial charge in [-0.1, -0.05) is 5.16 Å². The Morgan fingerprint density at radius 2 is 2.11 bits per heavy atom. The molecule has 18 heteroatoms. The van der Waals surface area contributed by atoms with E-state index in [1.54, 1.807) is 0 Å². The number of amides is 2. The third kappa shape index (κ3) is 6.22. The SMILES string of the molecule is CO/N=C(\C(=O)NC1C(=O)N2C(C(=O)[O-])=C(CSc3scnc3C(=O)OC)CS[C@H]12)c1csc(N)n1.[K+]. The molecule has 0 radical (unpaired) electrons. The molecule has 1 unspecified atom stereocenters. The number of nitrogen functional groups attached to an aromatic ring is 1. The number of oxime groups is 1. The van der Waals surface area contributed by atoms with Crippen molar-refractivity contribution in [1.82, 2.24) is 20.2 Å². The van der Waals surface area contributed by atoms with Crippen LogP contribution in [0.3, 0.4) is 0 Å². The van der Waals surface area contributed by atoms with E-state index in [1.165, 1.54) is 60.0 Å². The van der Waals surface area contributed by atoms with Gasteiger partial charge in [0.25, 0.3) is 11.8 Å². The van der Waals surface area contributed by atoms with Crippen molar-refractivity contribution < 1.29 is 85.2 Å². The number of carboxylic acid groups (broad SMARTS) is 1. The predicted molar refractivity (Wildman–Crippen MR) is 131 cm³/mol. The molecule has 2 amide bonds. The molecule has 1 saturated heterocycles. The second-order valence-electron chi connectivity index (χ2n) is 7.06. The zero-order valence-electron chi connectivity index (χ0n) is 19.6. The molecule has 2 aliphatic heterocycles. The van der Waals surface area contributed by atoms with Gasteiger partial charge in [-0.15, -0.1) is 46.2 Å². The van der Waals surface area contributed by atoms with E-state index in [9.17, 15) is 24.3 Å². The average Bonchev–Trinajstić information content (AvgIpc) is 3.51. The number of nitrogens with two attached hydrogens (primary N) is 1. The number of fused-ring (bicyclic) bond motifs is 1. The Labute approximate surface area is 269 Å². The smallest absolute Gasteiger partial charge is 0.543 e. The monoisotopic (exact) mass is 608 g/mol. The van der Waals surface area contributed by atoms with Crippen LogP contribution < -0.4 is 67.5 Å². The number of nitrogens with one attached hydrogen (secondary N) is 1. The van der Waals surface area contributed by atoms with Crippen LogP contribution >= 0.6 is 46.2 Å². The molecule has 4 heterocycles. The number of nitrogens with zero attached hydrogens (tertiary/aromatic N) is 4. The van der Waals surface area contributed by atoms with Crippen LogP contribution in [0.25, 0.3) is 0 Å². The summed E-state index contributed by atoms with van der Waals surface area (Å²) in [6.07, 6.45) is 0. The van der Waals surface area contributed by atoms with Crippen LogP contribution in [0.5, 0.6) is 0 Å². The minimum Gasteiger partial charge on any atom is -0.543 e. The molecule has 0 bridgehead atoms. The summed E-state index contributed by atoms with van der Waals surface area (Å²) in [6.45, 7) is 0. The first kappa shape index (κ1) is 30.0. The maximum absolute atomic E-state index is 12.9. The van der Waals surface area contributed by atoms with Crippen LogP contribution in [0.15, 0.2) is 31.5 Å². The van der Waals surface area contributed by atoms with Crippen molar-refractivity contribution in [2.24, 2.45) is 5.16 Å². The molecular formula is C19H17KN6O7S4. The zero-order valence-corrected chi connectivity index (χ0v) is 26.0. The molecule has 13 nitrogen and oxygen atoms in total. The molecule has 2 aliphatic rings. The maximum Gasteiger partial charge on any atom is 1.00 e. The Morgan fingerprint density at radius 3 is 2.73 bits per heavy atom. The zero-order chi connectivity index (χ0) is 26.0. The van der Waals surface area contributed by atoms with E-state index >= 15 is 0 Å². The van der Waals surface area contributed by atoms with Gasteiger partial charge in [-0.3, -0.25) is 14.5 Å². The molecule has 190 valence electrons.